The van der Waals surface area contributed by atoms with E-state index in [1.807, 2.05) is 0 Å². The average molecular weight is 397 g/mol. The molecule has 26 heavy (non-hydrogen) atoms. The Kier molecular flexibility index (Phi) is 9.18. The molecule has 9 N–H and O–H groups in total. The Bertz CT molecular complexity index is 563. The maximum atomic E-state index is 12.2. The number of carboxylic acid groups (broad SMARTS) is 2. The van der Waals surface area contributed by atoms with Crippen molar-refractivity contribution in [3.8, 4) is 0 Å². The number of hydrogen-bond acceptors (Lipinski definition) is 6. The standard InChI is InChI=1S/C16H26O7S.2H3N/c17-14(18)13(24(21,22)23)16(15(19)20,11-7-3-1-4-8-11)12-9-5-2-6-10-12;;/h11-13H,1-10H2,(H,17,18)(H,19,20)(H,21,22,23);2*1H3. The predicted octanol–water partition coefficient (Wildman–Crippen LogP) is 0.642. The lowest BCUT2D eigenvalue weighted by atomic mass is 9.57. The number of carbonyl (C=O) groups is 2. The predicted molar refractivity (Wildman–Crippen MR) is 92.9 cm³/mol. The molecular weight excluding hydrogens is 364 g/mol. The molecule has 0 aromatic heterocycles. The molecule has 2 saturated carbocycles. The zero-order chi connectivity index (χ0) is 18.0. The summed E-state index contributed by atoms with van der Waals surface area (Å²) >= 11 is 0. The Hall–Kier alpha value is -1.23. The minimum absolute atomic E-state index is 0. The lowest BCUT2D eigenvalue weighted by Crippen LogP contribution is -2.65. The van der Waals surface area contributed by atoms with E-state index in [1.54, 1.807) is 0 Å². The summed E-state index contributed by atoms with van der Waals surface area (Å²) in [5.41, 5.74) is -2.13. The summed E-state index contributed by atoms with van der Waals surface area (Å²) in [6, 6.07) is 0. The van der Waals surface area contributed by atoms with E-state index in [2.05, 4.69) is 0 Å². The third-order valence-electron chi connectivity index (χ3n) is 5.86. The summed E-state index contributed by atoms with van der Waals surface area (Å²) in [4.78, 5) is 23.9. The highest BCUT2D eigenvalue weighted by atomic mass is 32.2. The maximum Gasteiger partial charge on any atom is 0.274 e. The normalized spacial score (nSPS) is 21.1. The van der Waals surface area contributed by atoms with Gasteiger partial charge in [0.1, 0.15) is 5.25 Å². The minimum atomic E-state index is -5.15. The number of rotatable bonds is 6. The van der Waals surface area contributed by atoms with Gasteiger partial charge < -0.3 is 32.1 Å². The number of carbonyl (C=O) groups excluding carboxylic acids is 2. The van der Waals surface area contributed by atoms with E-state index in [-0.39, 0.29) is 12.3 Å². The van der Waals surface area contributed by atoms with Crippen molar-refractivity contribution in [2.24, 2.45) is 17.3 Å². The molecule has 154 valence electrons. The fourth-order valence-corrected chi connectivity index (χ4v) is 6.14. The van der Waals surface area contributed by atoms with Gasteiger partial charge in [0.25, 0.3) is 10.1 Å². The lowest BCUT2D eigenvalue weighted by Gasteiger charge is -2.53. The summed E-state index contributed by atoms with van der Waals surface area (Å²) in [6.07, 6.45) is 6.30. The zero-order valence-corrected chi connectivity index (χ0v) is 16.4. The van der Waals surface area contributed by atoms with Gasteiger partial charge in [0, 0.05) is 11.4 Å². The van der Waals surface area contributed by atoms with Crippen LogP contribution in [0.15, 0.2) is 0 Å². The smallest absolute Gasteiger partial charge is 0.274 e. The second-order valence-electron chi connectivity index (χ2n) is 7.10. The van der Waals surface area contributed by atoms with Crippen LogP contribution in [0.5, 0.6) is 0 Å². The van der Waals surface area contributed by atoms with Crippen LogP contribution < -0.4 is 22.5 Å². The van der Waals surface area contributed by atoms with Gasteiger partial charge in [0.2, 0.25) is 0 Å². The van der Waals surface area contributed by atoms with E-state index < -0.39 is 44.6 Å². The van der Waals surface area contributed by atoms with Crippen LogP contribution in [0.25, 0.3) is 0 Å². The minimum Gasteiger partial charge on any atom is -0.549 e. The number of quaternary nitrogens is 2. The average Bonchev–Trinajstić information content (AvgIpc) is 2.52. The summed E-state index contributed by atoms with van der Waals surface area (Å²) in [6.45, 7) is 0. The van der Waals surface area contributed by atoms with Crippen molar-refractivity contribution in [3.63, 3.8) is 0 Å². The first-order valence-corrected chi connectivity index (χ1v) is 10.1. The van der Waals surface area contributed by atoms with Gasteiger partial charge in [0.05, 0.1) is 5.97 Å². The Morgan fingerprint density at radius 3 is 1.42 bits per heavy atom. The van der Waals surface area contributed by atoms with E-state index in [9.17, 15) is 32.8 Å². The van der Waals surface area contributed by atoms with Gasteiger partial charge in [-0.15, -0.1) is 0 Å². The number of carboxylic acids is 2. The van der Waals surface area contributed by atoms with Gasteiger partial charge in [0.15, 0.2) is 0 Å². The molecule has 0 amide bonds. The van der Waals surface area contributed by atoms with Gasteiger partial charge >= 0.3 is 0 Å². The first-order valence-electron chi connectivity index (χ1n) is 8.61. The zero-order valence-electron chi connectivity index (χ0n) is 15.6. The highest BCUT2D eigenvalue weighted by Gasteiger charge is 2.57. The van der Waals surface area contributed by atoms with Gasteiger partial charge in [-0.3, -0.25) is 4.55 Å². The molecule has 1 unspecified atom stereocenters. The Morgan fingerprint density at radius 1 is 0.846 bits per heavy atom. The van der Waals surface area contributed by atoms with Crippen molar-refractivity contribution in [1.29, 1.82) is 0 Å². The van der Waals surface area contributed by atoms with Crippen LogP contribution >= 0.6 is 0 Å². The number of hydrogen-bond donors (Lipinski definition) is 3. The molecule has 1 atom stereocenters. The van der Waals surface area contributed by atoms with Gasteiger partial charge in [-0.25, -0.2) is 0 Å². The fraction of sp³-hybridized carbons (Fsp3) is 0.875. The maximum absolute atomic E-state index is 12.2. The Labute approximate surface area is 154 Å². The summed E-state index contributed by atoms with van der Waals surface area (Å²) in [7, 11) is -5.15. The van der Waals surface area contributed by atoms with Crippen molar-refractivity contribution in [1.82, 2.24) is 12.3 Å². The molecule has 0 spiro atoms. The molecular formula is C16H32N2O7S. The molecule has 2 fully saturated rings. The van der Waals surface area contributed by atoms with Crippen LogP contribution in [0.3, 0.4) is 0 Å². The molecule has 0 aromatic rings. The van der Waals surface area contributed by atoms with Crippen LogP contribution in [0, 0.1) is 17.3 Å². The van der Waals surface area contributed by atoms with E-state index in [0.29, 0.717) is 51.4 Å². The molecule has 0 saturated heterocycles. The van der Waals surface area contributed by atoms with Gasteiger partial charge in [-0.2, -0.15) is 8.42 Å². The molecule has 2 rings (SSSR count). The number of aliphatic carboxylic acids is 2. The highest BCUT2D eigenvalue weighted by Crippen LogP contribution is 2.52. The lowest BCUT2D eigenvalue weighted by molar-refractivity contribution is -0.335. The van der Waals surface area contributed by atoms with Crippen molar-refractivity contribution < 1.29 is 32.8 Å². The summed E-state index contributed by atoms with van der Waals surface area (Å²) < 4.78 is 33.3. The highest BCUT2D eigenvalue weighted by molar-refractivity contribution is 7.87. The first kappa shape index (κ1) is 24.8. The van der Waals surface area contributed by atoms with Gasteiger partial charge in [-0.1, -0.05) is 38.5 Å². The van der Waals surface area contributed by atoms with Crippen molar-refractivity contribution in [3.05, 3.63) is 0 Å². The van der Waals surface area contributed by atoms with Crippen molar-refractivity contribution in [2.75, 3.05) is 0 Å². The van der Waals surface area contributed by atoms with Crippen LogP contribution in [0.2, 0.25) is 0 Å². The molecule has 9 nitrogen and oxygen atoms in total. The quantitative estimate of drug-likeness (QED) is 0.545. The van der Waals surface area contributed by atoms with Crippen molar-refractivity contribution in [2.45, 2.75) is 69.5 Å². The third-order valence-corrected chi connectivity index (χ3v) is 7.04. The largest absolute Gasteiger partial charge is 0.549 e. The summed E-state index contributed by atoms with van der Waals surface area (Å²) in [5, 5.41) is 21.4. The Balaban J connectivity index is 0.00000312. The van der Waals surface area contributed by atoms with E-state index in [1.165, 1.54) is 0 Å². The molecule has 10 heteroatoms. The van der Waals surface area contributed by atoms with Crippen LogP contribution in [-0.4, -0.2) is 30.2 Å². The third kappa shape index (κ3) is 4.54. The second kappa shape index (κ2) is 9.63. The molecule has 0 aromatic carbocycles. The molecule has 0 heterocycles. The van der Waals surface area contributed by atoms with Crippen molar-refractivity contribution >= 4 is 22.1 Å². The molecule has 0 bridgehead atoms. The summed E-state index contributed by atoms with van der Waals surface area (Å²) in [5.74, 6) is -5.04. The SMILES string of the molecule is O=C([O-])C(C(C(=O)[O-])(C1CCCCC1)C1CCCCC1)S(=O)(=O)O.[NH4+].[NH4+]. The molecule has 0 aliphatic heterocycles. The van der Waals surface area contributed by atoms with E-state index in [4.69, 9.17) is 0 Å². The van der Waals surface area contributed by atoms with Crippen LogP contribution in [0.1, 0.15) is 64.2 Å². The van der Waals surface area contributed by atoms with E-state index >= 15 is 0 Å². The van der Waals surface area contributed by atoms with Gasteiger partial charge in [-0.05, 0) is 37.5 Å². The van der Waals surface area contributed by atoms with Crippen LogP contribution in [-0.2, 0) is 19.7 Å². The topological polar surface area (TPSA) is 208 Å². The van der Waals surface area contributed by atoms with E-state index in [0.717, 1.165) is 12.8 Å². The van der Waals surface area contributed by atoms with Crippen LogP contribution in [0.4, 0.5) is 0 Å². The monoisotopic (exact) mass is 396 g/mol. The Morgan fingerprint density at radius 2 is 1.19 bits per heavy atom. The molecule has 0 radical (unpaired) electrons. The fourth-order valence-electron chi connectivity index (χ4n) is 4.93. The second-order valence-corrected chi connectivity index (χ2v) is 8.61. The molecule has 2 aliphatic carbocycles. The molecule has 2 aliphatic rings. The first-order chi connectivity index (χ1) is 11.2.